The first-order valence-electron chi connectivity index (χ1n) is 7.07. The van der Waals surface area contributed by atoms with Gasteiger partial charge in [0, 0.05) is 4.47 Å². The number of hydrogen-bond acceptors (Lipinski definition) is 6. The van der Waals surface area contributed by atoms with Gasteiger partial charge in [-0.3, -0.25) is 0 Å². The molecule has 0 aliphatic heterocycles. The van der Waals surface area contributed by atoms with Gasteiger partial charge in [-0.2, -0.15) is 0 Å². The first-order chi connectivity index (χ1) is 11.8. The van der Waals surface area contributed by atoms with Crippen LogP contribution in [0.25, 0.3) is 0 Å². The number of nitrogens with two attached hydrogens (primary N) is 1. The van der Waals surface area contributed by atoms with Gasteiger partial charge in [0.2, 0.25) is 10.0 Å². The van der Waals surface area contributed by atoms with Crippen molar-refractivity contribution in [3.8, 4) is 11.5 Å². The van der Waals surface area contributed by atoms with Gasteiger partial charge in [-0.1, -0.05) is 15.9 Å². The number of rotatable bonds is 7. The zero-order chi connectivity index (χ0) is 18.4. The van der Waals surface area contributed by atoms with Crippen molar-refractivity contribution in [2.24, 2.45) is 5.14 Å². The Labute approximate surface area is 153 Å². The number of ether oxygens (including phenoxy) is 3. The van der Waals surface area contributed by atoms with Gasteiger partial charge in [0.1, 0.15) is 30.3 Å². The lowest BCUT2D eigenvalue weighted by Crippen LogP contribution is -2.16. The van der Waals surface area contributed by atoms with E-state index in [1.165, 1.54) is 19.2 Å². The summed E-state index contributed by atoms with van der Waals surface area (Å²) in [4.78, 5) is 12.0. The predicted molar refractivity (Wildman–Crippen MR) is 94.3 cm³/mol. The van der Waals surface area contributed by atoms with Crippen molar-refractivity contribution < 1.29 is 27.4 Å². The van der Waals surface area contributed by atoms with E-state index in [0.717, 1.165) is 10.5 Å². The Morgan fingerprint density at radius 2 is 1.80 bits per heavy atom. The van der Waals surface area contributed by atoms with Crippen LogP contribution in [0.2, 0.25) is 0 Å². The van der Waals surface area contributed by atoms with Crippen LogP contribution < -0.4 is 14.6 Å². The maximum Gasteiger partial charge on any atom is 0.342 e. The molecule has 9 heteroatoms. The fourth-order valence-corrected chi connectivity index (χ4v) is 2.73. The summed E-state index contributed by atoms with van der Waals surface area (Å²) < 4.78 is 39.3. The van der Waals surface area contributed by atoms with E-state index in [1.807, 2.05) is 12.1 Å². The highest BCUT2D eigenvalue weighted by atomic mass is 79.9. The standard InChI is InChI=1S/C16H16BrNO6S/c1-22-15-7-6-13(25(18,20)21)10-14(15)16(19)24-9-8-23-12-4-2-11(17)3-5-12/h2-7,10H,8-9H2,1H3,(H2,18,20,21). The van der Waals surface area contributed by atoms with Crippen molar-refractivity contribution >= 4 is 31.9 Å². The van der Waals surface area contributed by atoms with Crippen LogP contribution in [0.15, 0.2) is 51.8 Å². The molecule has 7 nitrogen and oxygen atoms in total. The zero-order valence-electron chi connectivity index (χ0n) is 13.3. The lowest BCUT2D eigenvalue weighted by atomic mass is 10.2. The van der Waals surface area contributed by atoms with Crippen LogP contribution in [-0.4, -0.2) is 34.7 Å². The molecule has 2 aromatic rings. The molecule has 0 spiro atoms. The molecule has 0 saturated carbocycles. The highest BCUT2D eigenvalue weighted by Gasteiger charge is 2.18. The minimum Gasteiger partial charge on any atom is -0.496 e. The summed E-state index contributed by atoms with van der Waals surface area (Å²) in [5.41, 5.74) is -0.0299. The molecular weight excluding hydrogens is 414 g/mol. The smallest absolute Gasteiger partial charge is 0.342 e. The summed E-state index contributed by atoms with van der Waals surface area (Å²) in [6, 6.07) is 10.9. The molecule has 2 N–H and O–H groups in total. The molecule has 134 valence electrons. The van der Waals surface area contributed by atoms with Gasteiger partial charge >= 0.3 is 5.97 Å². The number of hydrogen-bond donors (Lipinski definition) is 1. The molecule has 0 heterocycles. The van der Waals surface area contributed by atoms with Crippen molar-refractivity contribution in [3.05, 3.63) is 52.5 Å². The van der Waals surface area contributed by atoms with E-state index in [0.29, 0.717) is 5.75 Å². The Kier molecular flexibility index (Phi) is 6.40. The Balaban J connectivity index is 1.99. The summed E-state index contributed by atoms with van der Waals surface area (Å²) in [6.07, 6.45) is 0. The number of carbonyl (C=O) groups is 1. The predicted octanol–water partition coefficient (Wildman–Crippen LogP) is 2.34. The van der Waals surface area contributed by atoms with Crippen molar-refractivity contribution in [1.82, 2.24) is 0 Å². The van der Waals surface area contributed by atoms with Crippen LogP contribution in [0, 0.1) is 0 Å². The van der Waals surface area contributed by atoms with Gasteiger partial charge in [-0.05, 0) is 42.5 Å². The second-order valence-corrected chi connectivity index (χ2v) is 7.32. The van der Waals surface area contributed by atoms with Crippen LogP contribution >= 0.6 is 15.9 Å². The van der Waals surface area contributed by atoms with Crippen molar-refractivity contribution in [3.63, 3.8) is 0 Å². The Bertz CT molecular complexity index is 851. The van der Waals surface area contributed by atoms with Crippen molar-refractivity contribution in [1.29, 1.82) is 0 Å². The summed E-state index contributed by atoms with van der Waals surface area (Å²) in [6.45, 7) is 0.127. The van der Waals surface area contributed by atoms with Gasteiger partial charge in [0.25, 0.3) is 0 Å². The highest BCUT2D eigenvalue weighted by molar-refractivity contribution is 9.10. The second-order valence-electron chi connectivity index (χ2n) is 4.85. The zero-order valence-corrected chi connectivity index (χ0v) is 15.7. The molecule has 2 aromatic carbocycles. The molecule has 0 saturated heterocycles. The third kappa shape index (κ3) is 5.45. The summed E-state index contributed by atoms with van der Waals surface area (Å²) in [5, 5.41) is 5.07. The van der Waals surface area contributed by atoms with Crippen LogP contribution in [0.1, 0.15) is 10.4 Å². The number of primary sulfonamides is 1. The van der Waals surface area contributed by atoms with Crippen LogP contribution in [-0.2, 0) is 14.8 Å². The van der Waals surface area contributed by atoms with E-state index in [-0.39, 0.29) is 29.4 Å². The van der Waals surface area contributed by atoms with Crippen molar-refractivity contribution in [2.75, 3.05) is 20.3 Å². The first-order valence-corrected chi connectivity index (χ1v) is 9.41. The van der Waals surface area contributed by atoms with Gasteiger partial charge in [0.05, 0.1) is 12.0 Å². The van der Waals surface area contributed by atoms with E-state index in [2.05, 4.69) is 15.9 Å². The number of esters is 1. The van der Waals surface area contributed by atoms with Gasteiger partial charge < -0.3 is 14.2 Å². The molecule has 0 amide bonds. The van der Waals surface area contributed by atoms with Gasteiger partial charge in [-0.15, -0.1) is 0 Å². The Morgan fingerprint density at radius 1 is 1.12 bits per heavy atom. The van der Waals surface area contributed by atoms with Crippen LogP contribution in [0.4, 0.5) is 0 Å². The van der Waals surface area contributed by atoms with Gasteiger partial charge in [0.15, 0.2) is 0 Å². The number of halogens is 1. The fraction of sp³-hybridized carbons (Fsp3) is 0.188. The largest absolute Gasteiger partial charge is 0.496 e. The quantitative estimate of drug-likeness (QED) is 0.534. The van der Waals surface area contributed by atoms with Gasteiger partial charge in [-0.25, -0.2) is 18.4 Å². The minimum atomic E-state index is -3.94. The topological polar surface area (TPSA) is 105 Å². The molecule has 0 aromatic heterocycles. The second kappa shape index (κ2) is 8.32. The van der Waals surface area contributed by atoms with E-state index in [9.17, 15) is 13.2 Å². The summed E-state index contributed by atoms with van der Waals surface area (Å²) >= 11 is 3.32. The fourth-order valence-electron chi connectivity index (χ4n) is 1.93. The van der Waals surface area contributed by atoms with Crippen LogP contribution in [0.5, 0.6) is 11.5 Å². The average molecular weight is 430 g/mol. The molecule has 0 aliphatic rings. The SMILES string of the molecule is COc1ccc(S(N)(=O)=O)cc1C(=O)OCCOc1ccc(Br)cc1. The first kappa shape index (κ1) is 19.2. The third-order valence-electron chi connectivity index (χ3n) is 3.12. The minimum absolute atomic E-state index is 0.0162. The van der Waals surface area contributed by atoms with E-state index >= 15 is 0 Å². The Morgan fingerprint density at radius 3 is 2.40 bits per heavy atom. The maximum atomic E-state index is 12.2. The third-order valence-corrected chi connectivity index (χ3v) is 4.56. The number of benzene rings is 2. The number of methoxy groups -OCH3 is 1. The summed E-state index contributed by atoms with van der Waals surface area (Å²) in [5.74, 6) is 0.0843. The molecular formula is C16H16BrNO6S. The van der Waals surface area contributed by atoms with E-state index < -0.39 is 16.0 Å². The normalized spacial score (nSPS) is 11.0. The molecule has 0 aliphatic carbocycles. The molecule has 2 rings (SSSR count). The molecule has 0 radical (unpaired) electrons. The summed E-state index contributed by atoms with van der Waals surface area (Å²) in [7, 11) is -2.58. The molecule has 25 heavy (non-hydrogen) atoms. The van der Waals surface area contributed by atoms with Crippen LogP contribution in [0.3, 0.4) is 0 Å². The van der Waals surface area contributed by atoms with E-state index in [4.69, 9.17) is 19.3 Å². The maximum absolute atomic E-state index is 12.2. The number of sulfonamides is 1. The lowest BCUT2D eigenvalue weighted by Gasteiger charge is -2.11. The molecule has 0 atom stereocenters. The Hall–Kier alpha value is -2.10. The average Bonchev–Trinajstić information content (AvgIpc) is 2.58. The molecule has 0 fully saturated rings. The lowest BCUT2D eigenvalue weighted by molar-refractivity contribution is 0.0446. The van der Waals surface area contributed by atoms with Crippen molar-refractivity contribution in [2.45, 2.75) is 4.90 Å². The molecule has 0 bridgehead atoms. The van der Waals surface area contributed by atoms with E-state index in [1.54, 1.807) is 12.1 Å². The number of carbonyl (C=O) groups excluding carboxylic acids is 1. The highest BCUT2D eigenvalue weighted by Crippen LogP contribution is 2.23. The monoisotopic (exact) mass is 429 g/mol. The molecule has 0 unspecified atom stereocenters.